The molecule has 0 saturated carbocycles. The van der Waals surface area contributed by atoms with Crippen molar-refractivity contribution in [3.63, 3.8) is 0 Å². The second kappa shape index (κ2) is 9.35. The number of nitrogens with zero attached hydrogens (tertiary/aromatic N) is 2. The quantitative estimate of drug-likeness (QED) is 0.277. The average molecular weight is 430 g/mol. The smallest absolute Gasteiger partial charge is 0.275 e. The van der Waals surface area contributed by atoms with Crippen molar-refractivity contribution in [1.82, 2.24) is 15.1 Å². The van der Waals surface area contributed by atoms with E-state index < -0.39 is 11.9 Å². The number of piperidine rings is 1. The summed E-state index contributed by atoms with van der Waals surface area (Å²) in [5, 5.41) is 7.51. The second-order valence-corrected chi connectivity index (χ2v) is 7.49. The molecule has 4 rings (SSSR count). The molecule has 0 aliphatic carbocycles. The average Bonchev–Trinajstić information content (AvgIpc) is 2.78. The number of fused-ring (bicyclic) bond motifs is 1. The third kappa shape index (κ3) is 4.78. The Balaban J connectivity index is 1.39. The lowest BCUT2D eigenvalue weighted by molar-refractivity contribution is -0.136. The van der Waals surface area contributed by atoms with E-state index >= 15 is 0 Å². The number of ether oxygens (including phenoxy) is 1. The van der Waals surface area contributed by atoms with Crippen LogP contribution < -0.4 is 21.3 Å². The third-order valence-electron chi connectivity index (χ3n) is 5.14. The van der Waals surface area contributed by atoms with Gasteiger partial charge in [0, 0.05) is 29.5 Å². The summed E-state index contributed by atoms with van der Waals surface area (Å²) in [5.41, 5.74) is 6.76. The first-order chi connectivity index (χ1) is 15.5. The van der Waals surface area contributed by atoms with E-state index in [0.29, 0.717) is 29.5 Å². The van der Waals surface area contributed by atoms with Crippen LogP contribution in [0.3, 0.4) is 0 Å². The molecule has 2 aromatic carbocycles. The van der Waals surface area contributed by atoms with Gasteiger partial charge in [-0.1, -0.05) is 11.8 Å². The topological polar surface area (TPSA) is 116 Å². The van der Waals surface area contributed by atoms with E-state index in [-0.39, 0.29) is 24.3 Å². The zero-order valence-electron chi connectivity index (χ0n) is 17.3. The highest BCUT2D eigenvalue weighted by atomic mass is 16.5. The van der Waals surface area contributed by atoms with Gasteiger partial charge in [0.05, 0.1) is 18.2 Å². The van der Waals surface area contributed by atoms with Gasteiger partial charge in [0.15, 0.2) is 0 Å². The molecule has 1 aliphatic heterocycles. The van der Waals surface area contributed by atoms with E-state index in [1.165, 1.54) is 0 Å². The number of nitrogen functional groups attached to an aromatic ring is 1. The first-order valence-corrected chi connectivity index (χ1v) is 10.3. The number of carbonyl (C=O) groups excluding carboxylic acids is 2. The third-order valence-corrected chi connectivity index (χ3v) is 5.14. The Kier molecular flexibility index (Phi) is 6.17. The molecule has 0 spiro atoms. The minimum absolute atomic E-state index is 0.183. The largest absolute Gasteiger partial charge is 0.494 e. The molecule has 1 unspecified atom stereocenters. The highest BCUT2D eigenvalue weighted by Crippen LogP contribution is 2.18. The van der Waals surface area contributed by atoms with E-state index in [9.17, 15) is 14.4 Å². The Morgan fingerprint density at radius 2 is 1.97 bits per heavy atom. The van der Waals surface area contributed by atoms with Gasteiger partial charge in [0.2, 0.25) is 5.91 Å². The molecule has 3 N–H and O–H groups in total. The Bertz CT molecular complexity index is 1290. The van der Waals surface area contributed by atoms with E-state index in [0.717, 1.165) is 22.4 Å². The fourth-order valence-electron chi connectivity index (χ4n) is 3.46. The van der Waals surface area contributed by atoms with Crippen LogP contribution in [0.4, 0.5) is 5.69 Å². The number of rotatable bonds is 5. The summed E-state index contributed by atoms with van der Waals surface area (Å²) in [4.78, 5) is 36.2. The number of aromatic nitrogens is 2. The summed E-state index contributed by atoms with van der Waals surface area (Å²) >= 11 is 0. The number of anilines is 1. The monoisotopic (exact) mass is 430 g/mol. The lowest BCUT2D eigenvalue weighted by Gasteiger charge is -2.21. The maximum Gasteiger partial charge on any atom is 0.275 e. The van der Waals surface area contributed by atoms with Gasteiger partial charge in [0.1, 0.15) is 11.8 Å². The molecule has 8 heteroatoms. The maximum absolute atomic E-state index is 12.8. The molecule has 1 saturated heterocycles. The predicted octanol–water partition coefficient (Wildman–Crippen LogP) is 2.17. The number of hydrogen-bond acceptors (Lipinski definition) is 6. The second-order valence-electron chi connectivity index (χ2n) is 7.49. The van der Waals surface area contributed by atoms with E-state index in [1.54, 1.807) is 36.5 Å². The molecule has 2 heterocycles. The van der Waals surface area contributed by atoms with Crippen molar-refractivity contribution in [2.45, 2.75) is 31.7 Å². The highest BCUT2D eigenvalue weighted by Gasteiger charge is 2.29. The lowest BCUT2D eigenvalue weighted by atomic mass is 10.1. The van der Waals surface area contributed by atoms with Crippen molar-refractivity contribution in [3.8, 4) is 17.6 Å². The molecule has 3 aromatic rings. The SMILES string of the molecule is Nc1ccc(OCCCC#Cc2ccc3c(=O)n(C4CCC(=O)NC4=O)ncc3c2)cc1. The van der Waals surface area contributed by atoms with E-state index in [2.05, 4.69) is 22.3 Å². The zero-order valence-corrected chi connectivity index (χ0v) is 17.3. The first-order valence-electron chi connectivity index (χ1n) is 10.3. The fourth-order valence-corrected chi connectivity index (χ4v) is 3.46. The summed E-state index contributed by atoms with van der Waals surface area (Å²) in [7, 11) is 0. The summed E-state index contributed by atoms with van der Waals surface area (Å²) in [6, 6.07) is 11.7. The zero-order chi connectivity index (χ0) is 22.5. The van der Waals surface area contributed by atoms with E-state index in [4.69, 9.17) is 10.5 Å². The minimum Gasteiger partial charge on any atom is -0.494 e. The van der Waals surface area contributed by atoms with Crippen molar-refractivity contribution in [2.75, 3.05) is 12.3 Å². The predicted molar refractivity (Wildman–Crippen MR) is 120 cm³/mol. The Labute approximate surface area is 184 Å². The van der Waals surface area contributed by atoms with Crippen molar-refractivity contribution in [3.05, 3.63) is 64.6 Å². The number of hydrogen-bond donors (Lipinski definition) is 2. The summed E-state index contributed by atoms with van der Waals surface area (Å²) in [6.45, 7) is 0.556. The van der Waals surface area contributed by atoms with Gasteiger partial charge in [-0.2, -0.15) is 5.10 Å². The van der Waals surface area contributed by atoms with Gasteiger partial charge in [0.25, 0.3) is 11.5 Å². The highest BCUT2D eigenvalue weighted by molar-refractivity contribution is 5.99. The van der Waals surface area contributed by atoms with E-state index in [1.807, 2.05) is 12.1 Å². The first kappa shape index (κ1) is 21.1. The van der Waals surface area contributed by atoms with Gasteiger partial charge < -0.3 is 10.5 Å². The number of amides is 2. The van der Waals surface area contributed by atoms with Crippen LogP contribution in [0.5, 0.6) is 5.75 Å². The van der Waals surface area contributed by atoms with Crippen LogP contribution in [0.1, 0.15) is 37.3 Å². The Hall–Kier alpha value is -4.12. The van der Waals surface area contributed by atoms with Gasteiger partial charge in [-0.3, -0.25) is 19.7 Å². The van der Waals surface area contributed by atoms with Gasteiger partial charge in [-0.25, -0.2) is 4.68 Å². The summed E-state index contributed by atoms with van der Waals surface area (Å²) < 4.78 is 6.79. The molecule has 1 atom stereocenters. The molecule has 2 amide bonds. The molecular formula is C24H22N4O4. The number of nitrogens with two attached hydrogens (primary N) is 1. The molecule has 32 heavy (non-hydrogen) atoms. The summed E-state index contributed by atoms with van der Waals surface area (Å²) in [5.74, 6) is 6.14. The number of imide groups is 1. The minimum atomic E-state index is -0.778. The summed E-state index contributed by atoms with van der Waals surface area (Å²) in [6.07, 6.45) is 3.44. The van der Waals surface area contributed by atoms with Crippen molar-refractivity contribution in [1.29, 1.82) is 0 Å². The number of benzene rings is 2. The molecule has 162 valence electrons. The van der Waals surface area contributed by atoms with Crippen LogP contribution in [0, 0.1) is 11.8 Å². The lowest BCUT2D eigenvalue weighted by Crippen LogP contribution is -2.45. The van der Waals surface area contributed by atoms with Gasteiger partial charge >= 0.3 is 0 Å². The molecular weight excluding hydrogens is 408 g/mol. The van der Waals surface area contributed by atoms with Crippen LogP contribution in [-0.4, -0.2) is 28.2 Å². The number of nitrogens with one attached hydrogen (secondary N) is 1. The van der Waals surface area contributed by atoms with Crippen molar-refractivity contribution in [2.24, 2.45) is 0 Å². The molecule has 0 bridgehead atoms. The van der Waals surface area contributed by atoms with Crippen molar-refractivity contribution < 1.29 is 14.3 Å². The van der Waals surface area contributed by atoms with Crippen LogP contribution >= 0.6 is 0 Å². The van der Waals surface area contributed by atoms with Crippen LogP contribution in [-0.2, 0) is 9.59 Å². The van der Waals surface area contributed by atoms with Gasteiger partial charge in [-0.05, 0) is 55.3 Å². The van der Waals surface area contributed by atoms with Gasteiger partial charge in [-0.15, -0.1) is 0 Å². The number of carbonyl (C=O) groups is 2. The van der Waals surface area contributed by atoms with Crippen molar-refractivity contribution >= 4 is 28.3 Å². The van der Waals surface area contributed by atoms with Crippen LogP contribution in [0.25, 0.3) is 10.8 Å². The normalized spacial score (nSPS) is 15.7. The number of unbranched alkanes of at least 4 members (excludes halogenated alkanes) is 1. The maximum atomic E-state index is 12.8. The van der Waals surface area contributed by atoms with Crippen LogP contribution in [0.2, 0.25) is 0 Å². The Morgan fingerprint density at radius 3 is 2.75 bits per heavy atom. The molecule has 1 aliphatic rings. The molecule has 1 aromatic heterocycles. The standard InChI is InChI=1S/C24H22N4O4/c25-18-6-8-19(9-7-18)32-13-3-1-2-4-16-5-10-20-17(14-16)15-26-28(24(20)31)21-11-12-22(29)27-23(21)30/h5-10,14-15,21H,1,3,11-13,25H2,(H,27,29,30). The molecule has 1 fully saturated rings. The Morgan fingerprint density at radius 1 is 1.16 bits per heavy atom. The molecule has 8 nitrogen and oxygen atoms in total. The van der Waals surface area contributed by atoms with Crippen LogP contribution in [0.15, 0.2) is 53.5 Å². The molecule has 0 radical (unpaired) electrons. The fraction of sp³-hybridized carbons (Fsp3) is 0.250.